The van der Waals surface area contributed by atoms with Gasteiger partial charge in [-0.05, 0) is 18.1 Å². The molecule has 0 aliphatic carbocycles. The quantitative estimate of drug-likeness (QED) is 0.749. The largest absolute Gasteiger partial charge is 0.356 e. The fraction of sp³-hybridized carbons (Fsp3) is 0.533. The van der Waals surface area contributed by atoms with Gasteiger partial charge < -0.3 is 5.32 Å². The van der Waals surface area contributed by atoms with Crippen LogP contribution in [0.25, 0.3) is 0 Å². The molecule has 0 aliphatic heterocycles. The smallest absolute Gasteiger partial charge is 0.224 e. The summed E-state index contributed by atoms with van der Waals surface area (Å²) in [6.45, 7) is 2.79. The third kappa shape index (κ3) is 5.74. The summed E-state index contributed by atoms with van der Waals surface area (Å²) >= 11 is 0. The zero-order valence-corrected chi connectivity index (χ0v) is 13.0. The second-order valence-corrected chi connectivity index (χ2v) is 6.95. The van der Waals surface area contributed by atoms with Crippen LogP contribution in [0.2, 0.25) is 0 Å². The van der Waals surface area contributed by atoms with Crippen molar-refractivity contribution in [3.05, 3.63) is 29.8 Å². The Morgan fingerprint density at radius 3 is 2.50 bits per heavy atom. The van der Waals surface area contributed by atoms with Gasteiger partial charge in [-0.15, -0.1) is 0 Å². The molecule has 1 rings (SSSR count). The van der Waals surface area contributed by atoms with E-state index in [-0.39, 0.29) is 17.2 Å². The SMILES string of the molecule is CCCCCCNC(=O)Cc1ccccc1S(C)(=O)=O. The lowest BCUT2D eigenvalue weighted by Crippen LogP contribution is -2.26. The van der Waals surface area contributed by atoms with Crippen LogP contribution in [0.1, 0.15) is 38.2 Å². The summed E-state index contributed by atoms with van der Waals surface area (Å²) < 4.78 is 23.3. The summed E-state index contributed by atoms with van der Waals surface area (Å²) in [5.74, 6) is -0.127. The molecule has 0 aliphatic rings. The molecule has 0 aromatic heterocycles. The summed E-state index contributed by atoms with van der Waals surface area (Å²) in [6.07, 6.45) is 5.68. The van der Waals surface area contributed by atoms with Gasteiger partial charge in [-0.1, -0.05) is 44.4 Å². The van der Waals surface area contributed by atoms with Gasteiger partial charge in [0.25, 0.3) is 0 Å². The zero-order chi connectivity index (χ0) is 15.0. The van der Waals surface area contributed by atoms with Gasteiger partial charge in [0.2, 0.25) is 5.91 Å². The van der Waals surface area contributed by atoms with E-state index in [4.69, 9.17) is 0 Å². The Bertz CT molecular complexity index is 538. The van der Waals surface area contributed by atoms with Gasteiger partial charge in [0.15, 0.2) is 9.84 Å². The van der Waals surface area contributed by atoms with Crippen LogP contribution in [0.5, 0.6) is 0 Å². The molecule has 0 saturated heterocycles. The fourth-order valence-corrected chi connectivity index (χ4v) is 2.97. The molecule has 1 amide bonds. The number of hydrogen-bond donors (Lipinski definition) is 1. The van der Waals surface area contributed by atoms with E-state index in [1.165, 1.54) is 6.42 Å². The Hall–Kier alpha value is -1.36. The molecular formula is C15H23NO3S. The van der Waals surface area contributed by atoms with Crippen molar-refractivity contribution >= 4 is 15.7 Å². The summed E-state index contributed by atoms with van der Waals surface area (Å²) in [5, 5.41) is 2.83. The van der Waals surface area contributed by atoms with Crippen molar-refractivity contribution in [3.8, 4) is 0 Å². The van der Waals surface area contributed by atoms with Crippen LogP contribution in [0.3, 0.4) is 0 Å². The molecule has 1 aromatic rings. The van der Waals surface area contributed by atoms with E-state index in [9.17, 15) is 13.2 Å². The van der Waals surface area contributed by atoms with E-state index in [0.717, 1.165) is 25.5 Å². The average Bonchev–Trinajstić information content (AvgIpc) is 2.38. The molecule has 0 bridgehead atoms. The highest BCUT2D eigenvalue weighted by Crippen LogP contribution is 2.15. The second kappa shape index (κ2) is 8.04. The topological polar surface area (TPSA) is 63.2 Å². The number of unbranched alkanes of at least 4 members (excludes halogenated alkanes) is 3. The number of carbonyl (C=O) groups excluding carboxylic acids is 1. The minimum Gasteiger partial charge on any atom is -0.356 e. The normalized spacial score (nSPS) is 11.3. The van der Waals surface area contributed by atoms with Crippen molar-refractivity contribution in [1.29, 1.82) is 0 Å². The summed E-state index contributed by atoms with van der Waals surface area (Å²) in [4.78, 5) is 12.1. The second-order valence-electron chi connectivity index (χ2n) is 4.97. The van der Waals surface area contributed by atoms with Crippen molar-refractivity contribution in [3.63, 3.8) is 0 Å². The third-order valence-electron chi connectivity index (χ3n) is 3.08. The predicted molar refractivity (Wildman–Crippen MR) is 80.4 cm³/mol. The van der Waals surface area contributed by atoms with Crippen LogP contribution in [-0.4, -0.2) is 27.1 Å². The van der Waals surface area contributed by atoms with Crippen LogP contribution in [-0.2, 0) is 21.1 Å². The number of rotatable bonds is 8. The van der Waals surface area contributed by atoms with E-state index in [2.05, 4.69) is 12.2 Å². The highest BCUT2D eigenvalue weighted by Gasteiger charge is 2.14. The Labute approximate surface area is 121 Å². The van der Waals surface area contributed by atoms with Crippen LogP contribution in [0, 0.1) is 0 Å². The Morgan fingerprint density at radius 1 is 1.15 bits per heavy atom. The molecule has 112 valence electrons. The molecule has 0 spiro atoms. The molecule has 5 heteroatoms. The average molecular weight is 297 g/mol. The highest BCUT2D eigenvalue weighted by atomic mass is 32.2. The van der Waals surface area contributed by atoms with Crippen molar-refractivity contribution in [2.45, 2.75) is 43.9 Å². The van der Waals surface area contributed by atoms with Crippen molar-refractivity contribution < 1.29 is 13.2 Å². The van der Waals surface area contributed by atoms with Crippen molar-refractivity contribution in [1.82, 2.24) is 5.32 Å². The van der Waals surface area contributed by atoms with E-state index in [1.54, 1.807) is 24.3 Å². The number of benzene rings is 1. The first kappa shape index (κ1) is 16.7. The van der Waals surface area contributed by atoms with E-state index in [1.807, 2.05) is 0 Å². The van der Waals surface area contributed by atoms with Crippen molar-refractivity contribution in [2.75, 3.05) is 12.8 Å². The third-order valence-corrected chi connectivity index (χ3v) is 4.27. The van der Waals surface area contributed by atoms with E-state index >= 15 is 0 Å². The monoisotopic (exact) mass is 297 g/mol. The van der Waals surface area contributed by atoms with E-state index in [0.29, 0.717) is 12.1 Å². The summed E-state index contributed by atoms with van der Waals surface area (Å²) in [6, 6.07) is 6.65. The predicted octanol–water partition coefficient (Wildman–Crippen LogP) is 2.33. The minimum absolute atomic E-state index is 0.108. The molecule has 0 fully saturated rings. The lowest BCUT2D eigenvalue weighted by atomic mass is 10.1. The molecule has 0 unspecified atom stereocenters. The van der Waals surface area contributed by atoms with E-state index < -0.39 is 9.84 Å². The molecule has 0 saturated carbocycles. The first-order chi connectivity index (χ1) is 9.45. The Morgan fingerprint density at radius 2 is 1.85 bits per heavy atom. The molecule has 0 atom stereocenters. The summed E-state index contributed by atoms with van der Waals surface area (Å²) in [7, 11) is -3.29. The molecule has 1 aromatic carbocycles. The molecule has 1 N–H and O–H groups in total. The maximum atomic E-state index is 11.8. The summed E-state index contributed by atoms with van der Waals surface area (Å²) in [5.41, 5.74) is 0.557. The Kier molecular flexibility index (Phi) is 6.71. The van der Waals surface area contributed by atoms with Gasteiger partial charge in [-0.3, -0.25) is 4.79 Å². The number of amides is 1. The van der Waals surface area contributed by atoms with Crippen molar-refractivity contribution in [2.24, 2.45) is 0 Å². The molecule has 0 radical (unpaired) electrons. The van der Waals surface area contributed by atoms with Gasteiger partial charge in [-0.2, -0.15) is 0 Å². The number of nitrogens with one attached hydrogen (secondary N) is 1. The molecule has 20 heavy (non-hydrogen) atoms. The lowest BCUT2D eigenvalue weighted by molar-refractivity contribution is -0.120. The zero-order valence-electron chi connectivity index (χ0n) is 12.2. The van der Waals surface area contributed by atoms with Crippen LogP contribution < -0.4 is 5.32 Å². The Balaban J connectivity index is 2.54. The fourth-order valence-electron chi connectivity index (χ4n) is 2.03. The van der Waals surface area contributed by atoms with Gasteiger partial charge in [-0.25, -0.2) is 8.42 Å². The van der Waals surface area contributed by atoms with Crippen LogP contribution in [0.15, 0.2) is 29.2 Å². The van der Waals surface area contributed by atoms with Gasteiger partial charge >= 0.3 is 0 Å². The first-order valence-electron chi connectivity index (χ1n) is 6.99. The number of hydrogen-bond acceptors (Lipinski definition) is 3. The van der Waals surface area contributed by atoms with Crippen LogP contribution >= 0.6 is 0 Å². The lowest BCUT2D eigenvalue weighted by Gasteiger charge is -2.08. The maximum Gasteiger partial charge on any atom is 0.224 e. The minimum atomic E-state index is -3.29. The first-order valence-corrected chi connectivity index (χ1v) is 8.89. The standard InChI is InChI=1S/C15H23NO3S/c1-3-4-5-8-11-16-15(17)12-13-9-6-7-10-14(13)20(2,18)19/h6-7,9-10H,3-5,8,11-12H2,1-2H3,(H,16,17). The van der Waals surface area contributed by atoms with Gasteiger partial charge in [0.05, 0.1) is 11.3 Å². The molecule has 0 heterocycles. The highest BCUT2D eigenvalue weighted by molar-refractivity contribution is 7.90. The van der Waals surface area contributed by atoms with Gasteiger partial charge in [0.1, 0.15) is 0 Å². The number of sulfone groups is 1. The maximum absolute atomic E-state index is 11.8. The number of carbonyl (C=O) groups is 1. The molecule has 4 nitrogen and oxygen atoms in total. The van der Waals surface area contributed by atoms with Gasteiger partial charge in [0, 0.05) is 12.8 Å². The van der Waals surface area contributed by atoms with Crippen LogP contribution in [0.4, 0.5) is 0 Å². The molecular weight excluding hydrogens is 274 g/mol.